The van der Waals surface area contributed by atoms with E-state index in [0.29, 0.717) is 0 Å². The second kappa shape index (κ2) is 3.80. The molecule has 11 heavy (non-hydrogen) atoms. The highest BCUT2D eigenvalue weighted by atomic mass is 32.4. The molecule has 0 N–H and O–H groups in total. The smallest absolute Gasteiger partial charge is 0.209 e. The Morgan fingerprint density at radius 3 is 2.18 bits per heavy atom. The summed E-state index contributed by atoms with van der Waals surface area (Å²) >= 11 is 5.15. The lowest BCUT2D eigenvalue weighted by molar-refractivity contribution is 0.415. The van der Waals surface area contributed by atoms with E-state index in [2.05, 4.69) is 6.66 Å². The molecule has 0 aromatic heterocycles. The van der Waals surface area contributed by atoms with Crippen molar-refractivity contribution in [3.8, 4) is 5.75 Å². The van der Waals surface area contributed by atoms with Gasteiger partial charge in [0, 0.05) is 0 Å². The zero-order chi connectivity index (χ0) is 8.27. The first-order chi connectivity index (χ1) is 5.24. The molecular weight excluding hydrogens is 175 g/mol. The predicted molar refractivity (Wildman–Crippen MR) is 52.8 cm³/mol. The van der Waals surface area contributed by atoms with E-state index in [1.54, 1.807) is 7.11 Å². The summed E-state index contributed by atoms with van der Waals surface area (Å²) in [7, 11) is 1.66. The van der Waals surface area contributed by atoms with Crippen LogP contribution in [-0.4, -0.2) is 13.8 Å². The van der Waals surface area contributed by atoms with Crippen LogP contribution in [0.5, 0.6) is 5.75 Å². The van der Waals surface area contributed by atoms with Crippen molar-refractivity contribution >= 4 is 23.8 Å². The van der Waals surface area contributed by atoms with Crippen LogP contribution in [0.1, 0.15) is 0 Å². The van der Waals surface area contributed by atoms with Gasteiger partial charge in [0.2, 0.25) is 6.70 Å². The van der Waals surface area contributed by atoms with Gasteiger partial charge in [-0.15, -0.1) is 0 Å². The highest BCUT2D eigenvalue weighted by molar-refractivity contribution is 8.08. The van der Waals surface area contributed by atoms with E-state index < -0.39 is 0 Å². The van der Waals surface area contributed by atoms with E-state index in [-0.39, 0.29) is 6.70 Å². The van der Waals surface area contributed by atoms with Crippen LogP contribution in [0.2, 0.25) is 0 Å². The number of hydrogen-bond donors (Lipinski definition) is 0. The van der Waals surface area contributed by atoms with Crippen LogP contribution in [0.3, 0.4) is 0 Å². The molecule has 1 nitrogen and oxygen atoms in total. The summed E-state index contributed by atoms with van der Waals surface area (Å²) in [5.74, 6) is 0.889. The average molecular weight is 185 g/mol. The van der Waals surface area contributed by atoms with Gasteiger partial charge in [0.25, 0.3) is 0 Å². The fourth-order valence-electron chi connectivity index (χ4n) is 0.792. The number of benzene rings is 1. The standard InChI is InChI=1S/C8H10OPS/c1-9-7-3-5-8(6-4-7)10(2)11/h3-6H,1-2H3/q+1. The number of methoxy groups -OCH3 is 1. The summed E-state index contributed by atoms with van der Waals surface area (Å²) in [4.78, 5) is 0. The van der Waals surface area contributed by atoms with E-state index in [0.717, 1.165) is 5.75 Å². The molecule has 0 aliphatic rings. The molecule has 0 saturated carbocycles. The summed E-state index contributed by atoms with van der Waals surface area (Å²) in [5.41, 5.74) is 0. The molecule has 0 spiro atoms. The first-order valence-electron chi connectivity index (χ1n) is 3.29. The van der Waals surface area contributed by atoms with Crippen molar-refractivity contribution in [3.05, 3.63) is 24.3 Å². The third kappa shape index (κ3) is 2.25. The molecule has 0 heterocycles. The Balaban J connectivity index is 2.91. The van der Waals surface area contributed by atoms with E-state index in [1.165, 1.54) is 5.30 Å². The lowest BCUT2D eigenvalue weighted by Gasteiger charge is -1.95. The first kappa shape index (κ1) is 8.63. The van der Waals surface area contributed by atoms with Crippen molar-refractivity contribution in [1.29, 1.82) is 0 Å². The van der Waals surface area contributed by atoms with Gasteiger partial charge in [-0.3, -0.25) is 0 Å². The normalized spacial score (nSPS) is 10.9. The largest absolute Gasteiger partial charge is 0.497 e. The Morgan fingerprint density at radius 2 is 1.82 bits per heavy atom. The minimum absolute atomic E-state index is 0.385. The molecular formula is C8H10OPS+. The zero-order valence-electron chi connectivity index (χ0n) is 6.57. The van der Waals surface area contributed by atoms with Gasteiger partial charge in [-0.25, -0.2) is 0 Å². The van der Waals surface area contributed by atoms with Crippen molar-refractivity contribution in [1.82, 2.24) is 0 Å². The van der Waals surface area contributed by atoms with Crippen LogP contribution in [0.15, 0.2) is 24.3 Å². The Kier molecular flexibility index (Phi) is 2.98. The van der Waals surface area contributed by atoms with Gasteiger partial charge < -0.3 is 4.74 Å². The maximum Gasteiger partial charge on any atom is 0.209 e. The summed E-state index contributed by atoms with van der Waals surface area (Å²) in [6.07, 6.45) is 0. The maximum absolute atomic E-state index is 5.15. The SMILES string of the molecule is COc1ccc([P+](C)=S)cc1. The molecule has 1 aromatic carbocycles. The van der Waals surface area contributed by atoms with Crippen molar-refractivity contribution in [2.75, 3.05) is 13.8 Å². The molecule has 1 atom stereocenters. The zero-order valence-corrected chi connectivity index (χ0v) is 8.28. The van der Waals surface area contributed by atoms with Crippen LogP contribution in [-0.2, 0) is 11.8 Å². The Labute approximate surface area is 72.8 Å². The van der Waals surface area contributed by atoms with Gasteiger partial charge in [-0.2, -0.15) is 0 Å². The molecule has 0 amide bonds. The Morgan fingerprint density at radius 1 is 1.27 bits per heavy atom. The molecule has 58 valence electrons. The molecule has 0 saturated heterocycles. The summed E-state index contributed by atoms with van der Waals surface area (Å²) in [6, 6.07) is 7.94. The molecule has 0 fully saturated rings. The second-order valence-electron chi connectivity index (χ2n) is 2.20. The molecule has 0 aliphatic carbocycles. The van der Waals surface area contributed by atoms with Crippen molar-refractivity contribution in [2.24, 2.45) is 0 Å². The van der Waals surface area contributed by atoms with Gasteiger partial charge in [0.15, 0.2) is 17.1 Å². The van der Waals surface area contributed by atoms with Gasteiger partial charge in [-0.1, -0.05) is 0 Å². The first-order valence-corrected chi connectivity index (χ1v) is 6.09. The predicted octanol–water partition coefficient (Wildman–Crippen LogP) is 1.89. The van der Waals surface area contributed by atoms with Crippen molar-refractivity contribution < 1.29 is 4.74 Å². The molecule has 1 aromatic rings. The molecule has 0 bridgehead atoms. The quantitative estimate of drug-likeness (QED) is 0.651. The van der Waals surface area contributed by atoms with E-state index in [4.69, 9.17) is 16.5 Å². The summed E-state index contributed by atoms with van der Waals surface area (Å²) in [5, 5.41) is 1.23. The molecule has 1 unspecified atom stereocenters. The van der Waals surface area contributed by atoms with Crippen LogP contribution >= 0.6 is 6.70 Å². The summed E-state index contributed by atoms with van der Waals surface area (Å²) < 4.78 is 5.02. The van der Waals surface area contributed by atoms with Crippen LogP contribution in [0.25, 0.3) is 0 Å². The number of hydrogen-bond acceptors (Lipinski definition) is 2. The fourth-order valence-corrected chi connectivity index (χ4v) is 1.73. The maximum atomic E-state index is 5.15. The third-order valence-electron chi connectivity index (χ3n) is 1.44. The Bertz CT molecular complexity index is 255. The topological polar surface area (TPSA) is 9.23 Å². The monoisotopic (exact) mass is 185 g/mol. The van der Waals surface area contributed by atoms with E-state index in [1.807, 2.05) is 24.3 Å². The minimum Gasteiger partial charge on any atom is -0.497 e. The van der Waals surface area contributed by atoms with E-state index >= 15 is 0 Å². The highest BCUT2D eigenvalue weighted by Gasteiger charge is 2.04. The van der Waals surface area contributed by atoms with Crippen molar-refractivity contribution in [2.45, 2.75) is 0 Å². The lowest BCUT2D eigenvalue weighted by atomic mass is 10.3. The molecule has 0 aliphatic heterocycles. The van der Waals surface area contributed by atoms with Gasteiger partial charge in [0.05, 0.1) is 7.11 Å². The minimum atomic E-state index is -0.385. The third-order valence-corrected chi connectivity index (χ3v) is 3.09. The van der Waals surface area contributed by atoms with Crippen LogP contribution in [0, 0.1) is 0 Å². The molecule has 3 heteroatoms. The van der Waals surface area contributed by atoms with Gasteiger partial charge >= 0.3 is 0 Å². The van der Waals surface area contributed by atoms with Gasteiger partial charge in [-0.05, 0) is 24.3 Å². The number of rotatable bonds is 2. The van der Waals surface area contributed by atoms with Crippen LogP contribution < -0.4 is 10.0 Å². The molecule has 1 rings (SSSR count). The second-order valence-corrected chi connectivity index (χ2v) is 5.35. The lowest BCUT2D eigenvalue weighted by Crippen LogP contribution is -1.93. The average Bonchev–Trinajstić information content (AvgIpc) is 2.05. The number of ether oxygens (including phenoxy) is 1. The van der Waals surface area contributed by atoms with Crippen LogP contribution in [0.4, 0.5) is 0 Å². The van der Waals surface area contributed by atoms with E-state index in [9.17, 15) is 0 Å². The highest BCUT2D eigenvalue weighted by Crippen LogP contribution is 2.16. The Hall–Kier alpha value is -0.460. The summed E-state index contributed by atoms with van der Waals surface area (Å²) in [6.45, 7) is 1.68. The molecule has 0 radical (unpaired) electrons. The van der Waals surface area contributed by atoms with Crippen molar-refractivity contribution in [3.63, 3.8) is 0 Å². The fraction of sp³-hybridized carbons (Fsp3) is 0.250. The van der Waals surface area contributed by atoms with Gasteiger partial charge in [0.1, 0.15) is 12.4 Å².